The molecule has 1 aliphatic rings. The molecule has 0 spiro atoms. The van der Waals surface area contributed by atoms with E-state index in [-0.39, 0.29) is 6.42 Å². The van der Waals surface area contributed by atoms with E-state index < -0.39 is 61.1 Å². The van der Waals surface area contributed by atoms with Crippen molar-refractivity contribution in [1.82, 2.24) is 26.3 Å². The molecule has 1 aliphatic heterocycles. The standard InChI is InChI=1S/C22H29N5O7/c28-10-17(27-21(32)18(11-29)26-19(30)15-6-3-7-23-15)20(31)25-16(22(33)34)8-12-9-24-14-5-2-1-4-13(12)14/h1-2,4-5,9,15-18,23-24,28-29H,3,6-8,10-11H2,(H,25,31)(H,26,30)(H,27,32)(H,33,34). The number of benzene rings is 1. The Balaban J connectivity index is 1.61. The highest BCUT2D eigenvalue weighted by Gasteiger charge is 2.31. The number of aromatic amines is 1. The second kappa shape index (κ2) is 11.6. The third kappa shape index (κ3) is 6.10. The van der Waals surface area contributed by atoms with Crippen molar-refractivity contribution in [2.24, 2.45) is 0 Å². The number of fused-ring (bicyclic) bond motifs is 1. The average molecular weight is 476 g/mol. The van der Waals surface area contributed by atoms with Gasteiger partial charge in [-0.1, -0.05) is 18.2 Å². The quantitative estimate of drug-likeness (QED) is 0.183. The molecule has 1 saturated heterocycles. The monoisotopic (exact) mass is 475 g/mol. The van der Waals surface area contributed by atoms with Crippen LogP contribution in [0, 0.1) is 0 Å². The lowest BCUT2D eigenvalue weighted by molar-refractivity contribution is -0.142. The van der Waals surface area contributed by atoms with Gasteiger partial charge in [0.05, 0.1) is 19.3 Å². The molecule has 3 amide bonds. The largest absolute Gasteiger partial charge is 0.480 e. The lowest BCUT2D eigenvalue weighted by atomic mass is 10.0. The van der Waals surface area contributed by atoms with Gasteiger partial charge in [-0.2, -0.15) is 0 Å². The lowest BCUT2D eigenvalue weighted by Crippen LogP contribution is -2.59. The molecule has 0 bridgehead atoms. The maximum Gasteiger partial charge on any atom is 0.326 e. The number of carbonyl (C=O) groups excluding carboxylic acids is 3. The summed E-state index contributed by atoms with van der Waals surface area (Å²) in [6, 6.07) is 2.70. The molecule has 1 fully saturated rings. The van der Waals surface area contributed by atoms with Crippen molar-refractivity contribution < 1.29 is 34.5 Å². The van der Waals surface area contributed by atoms with Crippen molar-refractivity contribution in [2.45, 2.75) is 43.4 Å². The minimum absolute atomic E-state index is 0.0269. The number of amides is 3. The first-order valence-corrected chi connectivity index (χ1v) is 11.0. The third-order valence-corrected chi connectivity index (χ3v) is 5.72. The van der Waals surface area contributed by atoms with Crippen LogP contribution in [0.4, 0.5) is 0 Å². The van der Waals surface area contributed by atoms with Crippen LogP contribution in [0.1, 0.15) is 18.4 Å². The number of aliphatic carboxylic acids is 1. The number of nitrogens with one attached hydrogen (secondary N) is 5. The highest BCUT2D eigenvalue weighted by molar-refractivity contribution is 5.94. The van der Waals surface area contributed by atoms with E-state index >= 15 is 0 Å². The molecule has 4 atom stereocenters. The maximum absolute atomic E-state index is 12.6. The number of aliphatic hydroxyl groups excluding tert-OH is 2. The topological polar surface area (TPSA) is 193 Å². The first-order chi connectivity index (χ1) is 16.3. The van der Waals surface area contributed by atoms with E-state index in [4.69, 9.17) is 0 Å². The van der Waals surface area contributed by atoms with Crippen LogP contribution in [0.5, 0.6) is 0 Å². The normalized spacial score (nSPS) is 18.1. The summed E-state index contributed by atoms with van der Waals surface area (Å²) >= 11 is 0. The number of carbonyl (C=O) groups is 4. The van der Waals surface area contributed by atoms with Gasteiger partial charge in [-0.25, -0.2) is 4.79 Å². The summed E-state index contributed by atoms with van der Waals surface area (Å²) in [5, 5.41) is 39.5. The van der Waals surface area contributed by atoms with Crippen LogP contribution < -0.4 is 21.3 Å². The van der Waals surface area contributed by atoms with Crippen molar-refractivity contribution in [3.05, 3.63) is 36.0 Å². The van der Waals surface area contributed by atoms with Gasteiger partial charge in [-0.05, 0) is 31.0 Å². The second-order valence-electron chi connectivity index (χ2n) is 8.10. The van der Waals surface area contributed by atoms with Gasteiger partial charge < -0.3 is 41.6 Å². The SMILES string of the molecule is O=C(O)C(Cc1c[nH]c2ccccc12)NC(=O)C(CO)NC(=O)C(CO)NC(=O)C1CCCN1. The molecule has 12 nitrogen and oxygen atoms in total. The zero-order valence-electron chi connectivity index (χ0n) is 18.4. The molecule has 0 saturated carbocycles. The number of hydrogen-bond acceptors (Lipinski definition) is 7. The summed E-state index contributed by atoms with van der Waals surface area (Å²) in [5.74, 6) is -3.54. The van der Waals surface area contributed by atoms with Gasteiger partial charge in [-0.15, -0.1) is 0 Å². The minimum Gasteiger partial charge on any atom is -0.480 e. The molecule has 2 heterocycles. The van der Waals surface area contributed by atoms with E-state index in [1.54, 1.807) is 6.20 Å². The van der Waals surface area contributed by atoms with Gasteiger partial charge in [-0.3, -0.25) is 14.4 Å². The van der Waals surface area contributed by atoms with Crippen LogP contribution in [-0.4, -0.2) is 87.9 Å². The van der Waals surface area contributed by atoms with Gasteiger partial charge in [0, 0.05) is 23.5 Å². The summed E-state index contributed by atoms with van der Waals surface area (Å²) < 4.78 is 0. The van der Waals surface area contributed by atoms with Crippen molar-refractivity contribution in [1.29, 1.82) is 0 Å². The van der Waals surface area contributed by atoms with E-state index in [0.29, 0.717) is 18.5 Å². The van der Waals surface area contributed by atoms with Crippen LogP contribution in [0.3, 0.4) is 0 Å². The smallest absolute Gasteiger partial charge is 0.326 e. The number of aromatic nitrogens is 1. The van der Waals surface area contributed by atoms with Gasteiger partial charge >= 0.3 is 5.97 Å². The Bertz CT molecular complexity index is 1030. The summed E-state index contributed by atoms with van der Waals surface area (Å²) in [5.41, 5.74) is 1.50. The molecule has 2 aromatic rings. The zero-order valence-corrected chi connectivity index (χ0v) is 18.4. The summed E-state index contributed by atoms with van der Waals surface area (Å²) in [6.07, 6.45) is 3.04. The fourth-order valence-electron chi connectivity index (χ4n) is 3.83. The number of carboxylic acid groups (broad SMARTS) is 1. The number of H-pyrrole nitrogens is 1. The Morgan fingerprint density at radius 1 is 0.971 bits per heavy atom. The van der Waals surface area contributed by atoms with Crippen LogP contribution in [0.2, 0.25) is 0 Å². The molecule has 0 radical (unpaired) electrons. The minimum atomic E-state index is -1.48. The van der Waals surface area contributed by atoms with Gasteiger partial charge in [0.15, 0.2) is 0 Å². The molecule has 3 rings (SSSR count). The number of rotatable bonds is 11. The molecule has 184 valence electrons. The molecule has 8 N–H and O–H groups in total. The highest BCUT2D eigenvalue weighted by Crippen LogP contribution is 2.19. The average Bonchev–Trinajstić information content (AvgIpc) is 3.50. The fraction of sp³-hybridized carbons (Fsp3) is 0.455. The molecular weight excluding hydrogens is 446 g/mol. The maximum atomic E-state index is 12.6. The van der Waals surface area contributed by atoms with Gasteiger partial charge in [0.2, 0.25) is 17.7 Å². The summed E-state index contributed by atoms with van der Waals surface area (Å²) in [6.45, 7) is -0.861. The van der Waals surface area contributed by atoms with Gasteiger partial charge in [0.25, 0.3) is 0 Å². The summed E-state index contributed by atoms with van der Waals surface area (Å²) in [7, 11) is 0. The predicted molar refractivity (Wildman–Crippen MR) is 121 cm³/mol. The van der Waals surface area contributed by atoms with Gasteiger partial charge in [0.1, 0.15) is 18.1 Å². The van der Waals surface area contributed by atoms with Crippen LogP contribution >= 0.6 is 0 Å². The van der Waals surface area contributed by atoms with Crippen molar-refractivity contribution in [2.75, 3.05) is 19.8 Å². The Morgan fingerprint density at radius 2 is 1.62 bits per heavy atom. The molecule has 0 aliphatic carbocycles. The molecule has 12 heteroatoms. The van der Waals surface area contributed by atoms with E-state index in [0.717, 1.165) is 17.3 Å². The molecule has 4 unspecified atom stereocenters. The lowest BCUT2D eigenvalue weighted by Gasteiger charge is -2.23. The Morgan fingerprint density at radius 3 is 2.24 bits per heavy atom. The van der Waals surface area contributed by atoms with Crippen molar-refractivity contribution in [3.63, 3.8) is 0 Å². The molecule has 1 aromatic carbocycles. The molecule has 1 aromatic heterocycles. The van der Waals surface area contributed by atoms with Crippen molar-refractivity contribution in [3.8, 4) is 0 Å². The Hall–Kier alpha value is -3.48. The number of para-hydroxylation sites is 1. The van der Waals surface area contributed by atoms with Crippen LogP contribution in [0.25, 0.3) is 10.9 Å². The molecular formula is C22H29N5O7. The van der Waals surface area contributed by atoms with Crippen molar-refractivity contribution >= 4 is 34.6 Å². The zero-order chi connectivity index (χ0) is 24.7. The van der Waals surface area contributed by atoms with Crippen LogP contribution in [-0.2, 0) is 25.6 Å². The fourth-order valence-corrected chi connectivity index (χ4v) is 3.83. The number of aliphatic hydroxyl groups is 2. The number of carboxylic acids is 1. The third-order valence-electron chi connectivity index (χ3n) is 5.72. The van der Waals surface area contributed by atoms with E-state index in [2.05, 4.69) is 26.3 Å². The predicted octanol–water partition coefficient (Wildman–Crippen LogP) is -2.01. The first kappa shape index (κ1) is 25.1. The highest BCUT2D eigenvalue weighted by atomic mass is 16.4. The second-order valence-corrected chi connectivity index (χ2v) is 8.10. The Labute approximate surface area is 195 Å². The van der Waals surface area contributed by atoms with Crippen LogP contribution in [0.15, 0.2) is 30.5 Å². The van der Waals surface area contributed by atoms with E-state index in [1.807, 2.05) is 24.3 Å². The first-order valence-electron chi connectivity index (χ1n) is 11.0. The Kier molecular flexibility index (Phi) is 8.57. The molecule has 34 heavy (non-hydrogen) atoms. The van der Waals surface area contributed by atoms with E-state index in [9.17, 15) is 34.5 Å². The summed E-state index contributed by atoms with van der Waals surface area (Å²) in [4.78, 5) is 52.2. The van der Waals surface area contributed by atoms with E-state index in [1.165, 1.54) is 0 Å². The number of hydrogen-bond donors (Lipinski definition) is 8.